The van der Waals surface area contributed by atoms with Gasteiger partial charge in [0.25, 0.3) is 0 Å². The van der Waals surface area contributed by atoms with Crippen LogP contribution in [0.2, 0.25) is 0 Å². The van der Waals surface area contributed by atoms with Gasteiger partial charge < -0.3 is 4.57 Å². The molecule has 0 amide bonds. The number of pyridine rings is 1. The lowest BCUT2D eigenvalue weighted by atomic mass is 9.95. The second kappa shape index (κ2) is 10.1. The number of aryl methyl sites for hydroxylation is 1. The molecule has 1 aliphatic carbocycles. The van der Waals surface area contributed by atoms with E-state index in [0.29, 0.717) is 0 Å². The summed E-state index contributed by atoms with van der Waals surface area (Å²) < 4.78 is 4.90. The van der Waals surface area contributed by atoms with E-state index < -0.39 is 0 Å². The van der Waals surface area contributed by atoms with Crippen molar-refractivity contribution in [3.63, 3.8) is 0 Å². The van der Waals surface area contributed by atoms with Crippen LogP contribution in [0, 0.1) is 0 Å². The van der Waals surface area contributed by atoms with Gasteiger partial charge in [-0.05, 0) is 84.8 Å². The van der Waals surface area contributed by atoms with Crippen LogP contribution in [0.3, 0.4) is 0 Å². The third kappa shape index (κ3) is 3.93. The lowest BCUT2D eigenvalue weighted by Gasteiger charge is -2.16. The average molecular weight is 566 g/mol. The fourth-order valence-corrected chi connectivity index (χ4v) is 7.31. The topological polar surface area (TPSA) is 22.8 Å². The standard InChI is InChI=1S/C41H31N3/c1-4-14-28(15-5-1)30-24-36(29-16-6-2-7-17-29)42-41(25-30)44-38-23-13-11-21-33(38)35-26-34-32-20-10-12-22-37(32)43(39(34)27-40(35)44)31-18-8-3-9-19-31/h1-9,11,13-19,21,23-27H,10,12,20,22H2. The molecule has 0 spiro atoms. The van der Waals surface area contributed by atoms with E-state index in [1.54, 1.807) is 0 Å². The number of hydrogen-bond acceptors (Lipinski definition) is 1. The highest BCUT2D eigenvalue weighted by atomic mass is 15.1. The Morgan fingerprint density at radius 1 is 0.455 bits per heavy atom. The summed E-state index contributed by atoms with van der Waals surface area (Å²) in [5.41, 5.74) is 12.3. The maximum absolute atomic E-state index is 5.35. The molecular weight excluding hydrogens is 534 g/mol. The van der Waals surface area contributed by atoms with Gasteiger partial charge in [-0.2, -0.15) is 0 Å². The Hall–Kier alpha value is -5.41. The van der Waals surface area contributed by atoms with Gasteiger partial charge in [0.2, 0.25) is 0 Å². The van der Waals surface area contributed by atoms with Gasteiger partial charge in [0.15, 0.2) is 0 Å². The molecule has 5 aromatic carbocycles. The van der Waals surface area contributed by atoms with Crippen molar-refractivity contribution >= 4 is 32.7 Å². The first-order valence-corrected chi connectivity index (χ1v) is 15.6. The summed E-state index contributed by atoms with van der Waals surface area (Å²) >= 11 is 0. The van der Waals surface area contributed by atoms with E-state index in [-0.39, 0.29) is 0 Å². The molecule has 3 heterocycles. The van der Waals surface area contributed by atoms with Gasteiger partial charge in [-0.3, -0.25) is 4.57 Å². The number of nitrogens with zero attached hydrogens (tertiary/aromatic N) is 3. The molecule has 0 radical (unpaired) electrons. The van der Waals surface area contributed by atoms with Crippen molar-refractivity contribution in [1.82, 2.24) is 14.1 Å². The minimum atomic E-state index is 0.929. The van der Waals surface area contributed by atoms with Crippen molar-refractivity contribution in [3.05, 3.63) is 151 Å². The van der Waals surface area contributed by atoms with Crippen molar-refractivity contribution < 1.29 is 0 Å². The number of hydrogen-bond donors (Lipinski definition) is 0. The Morgan fingerprint density at radius 2 is 1.11 bits per heavy atom. The van der Waals surface area contributed by atoms with Gasteiger partial charge in [-0.1, -0.05) is 97.1 Å². The van der Waals surface area contributed by atoms with Crippen LogP contribution in [0.4, 0.5) is 0 Å². The van der Waals surface area contributed by atoms with E-state index >= 15 is 0 Å². The Labute approximate surface area is 256 Å². The van der Waals surface area contributed by atoms with E-state index in [1.807, 2.05) is 0 Å². The van der Waals surface area contributed by atoms with E-state index in [2.05, 4.69) is 149 Å². The summed E-state index contributed by atoms with van der Waals surface area (Å²) in [6.45, 7) is 0. The quantitative estimate of drug-likeness (QED) is 0.208. The summed E-state index contributed by atoms with van der Waals surface area (Å²) in [6.07, 6.45) is 4.74. The third-order valence-electron chi connectivity index (χ3n) is 9.30. The number of aromatic nitrogens is 3. The molecule has 210 valence electrons. The van der Waals surface area contributed by atoms with Crippen LogP contribution in [-0.4, -0.2) is 14.1 Å². The van der Waals surface area contributed by atoms with E-state index in [1.165, 1.54) is 68.1 Å². The minimum absolute atomic E-state index is 0.929. The number of para-hydroxylation sites is 2. The largest absolute Gasteiger partial charge is 0.313 e. The molecule has 0 N–H and O–H groups in total. The van der Waals surface area contributed by atoms with Crippen molar-refractivity contribution in [2.75, 3.05) is 0 Å². The molecule has 0 saturated heterocycles. The Kier molecular flexibility index (Phi) is 5.77. The van der Waals surface area contributed by atoms with Crippen LogP contribution >= 0.6 is 0 Å². The second-order valence-electron chi connectivity index (χ2n) is 11.9. The predicted molar refractivity (Wildman–Crippen MR) is 183 cm³/mol. The molecule has 0 aliphatic heterocycles. The third-order valence-corrected chi connectivity index (χ3v) is 9.30. The zero-order valence-electron chi connectivity index (χ0n) is 24.4. The maximum atomic E-state index is 5.35. The molecule has 8 aromatic rings. The summed E-state index contributed by atoms with van der Waals surface area (Å²) in [4.78, 5) is 5.35. The zero-order chi connectivity index (χ0) is 29.0. The van der Waals surface area contributed by atoms with Crippen LogP contribution in [0.5, 0.6) is 0 Å². The maximum Gasteiger partial charge on any atom is 0.138 e. The Balaban J connectivity index is 1.39. The summed E-state index contributed by atoms with van der Waals surface area (Å²) in [5.74, 6) is 0.929. The van der Waals surface area contributed by atoms with Crippen molar-refractivity contribution in [1.29, 1.82) is 0 Å². The second-order valence-corrected chi connectivity index (χ2v) is 11.9. The van der Waals surface area contributed by atoms with Crippen LogP contribution in [-0.2, 0) is 12.8 Å². The van der Waals surface area contributed by atoms with Gasteiger partial charge in [-0.15, -0.1) is 0 Å². The number of fused-ring (bicyclic) bond motifs is 6. The SMILES string of the molecule is c1ccc(-c2cc(-c3ccccc3)nc(-n3c4ccccc4c4cc5c6c(n(-c7ccccc7)c5cc43)CCCC6)c2)cc1. The molecule has 0 atom stereocenters. The molecule has 0 bridgehead atoms. The molecule has 0 saturated carbocycles. The minimum Gasteiger partial charge on any atom is -0.313 e. The van der Waals surface area contributed by atoms with E-state index in [0.717, 1.165) is 35.5 Å². The Bertz CT molecular complexity index is 2250. The van der Waals surface area contributed by atoms with Gasteiger partial charge in [-0.25, -0.2) is 4.98 Å². The normalized spacial score (nSPS) is 13.1. The first kappa shape index (κ1) is 25.1. The fraction of sp³-hybridized carbons (Fsp3) is 0.0976. The molecule has 1 aliphatic rings. The van der Waals surface area contributed by atoms with Crippen LogP contribution in [0.15, 0.2) is 140 Å². The monoisotopic (exact) mass is 565 g/mol. The smallest absolute Gasteiger partial charge is 0.138 e. The molecule has 3 heteroatoms. The Morgan fingerprint density at radius 3 is 1.91 bits per heavy atom. The highest BCUT2D eigenvalue weighted by Gasteiger charge is 2.24. The first-order chi connectivity index (χ1) is 21.8. The summed E-state index contributed by atoms with van der Waals surface area (Å²) in [6, 6.07) is 50.2. The molecular formula is C41H31N3. The molecule has 3 aromatic heterocycles. The lowest BCUT2D eigenvalue weighted by molar-refractivity contribution is 0.667. The molecule has 9 rings (SSSR count). The number of rotatable bonds is 4. The zero-order valence-corrected chi connectivity index (χ0v) is 24.4. The summed E-state index contributed by atoms with van der Waals surface area (Å²) in [5, 5.41) is 3.92. The predicted octanol–water partition coefficient (Wildman–Crippen LogP) is 10.3. The van der Waals surface area contributed by atoms with Gasteiger partial charge in [0.05, 0.1) is 22.2 Å². The average Bonchev–Trinajstić information content (AvgIpc) is 3.60. The highest BCUT2D eigenvalue weighted by Crippen LogP contribution is 2.41. The fourth-order valence-electron chi connectivity index (χ4n) is 7.31. The van der Waals surface area contributed by atoms with Crippen LogP contribution in [0.1, 0.15) is 24.1 Å². The van der Waals surface area contributed by atoms with Crippen molar-refractivity contribution in [3.8, 4) is 33.9 Å². The number of benzene rings is 5. The molecule has 0 unspecified atom stereocenters. The van der Waals surface area contributed by atoms with Crippen molar-refractivity contribution in [2.24, 2.45) is 0 Å². The van der Waals surface area contributed by atoms with Crippen LogP contribution in [0.25, 0.3) is 66.6 Å². The van der Waals surface area contributed by atoms with E-state index in [9.17, 15) is 0 Å². The van der Waals surface area contributed by atoms with Gasteiger partial charge in [0.1, 0.15) is 5.82 Å². The summed E-state index contributed by atoms with van der Waals surface area (Å²) in [7, 11) is 0. The molecule has 0 fully saturated rings. The lowest BCUT2D eigenvalue weighted by Crippen LogP contribution is -2.06. The first-order valence-electron chi connectivity index (χ1n) is 15.6. The van der Waals surface area contributed by atoms with Crippen LogP contribution < -0.4 is 0 Å². The van der Waals surface area contributed by atoms with Gasteiger partial charge in [0, 0.05) is 33.1 Å². The van der Waals surface area contributed by atoms with Crippen molar-refractivity contribution in [2.45, 2.75) is 25.7 Å². The van der Waals surface area contributed by atoms with E-state index in [4.69, 9.17) is 4.98 Å². The highest BCUT2D eigenvalue weighted by molar-refractivity contribution is 6.14. The van der Waals surface area contributed by atoms with Gasteiger partial charge >= 0.3 is 0 Å². The molecule has 44 heavy (non-hydrogen) atoms. The molecule has 3 nitrogen and oxygen atoms in total.